The molecule has 6 nitrogen and oxygen atoms in total. The van der Waals surface area contributed by atoms with Gasteiger partial charge in [-0.2, -0.15) is 0 Å². The fourth-order valence-corrected chi connectivity index (χ4v) is 1.90. The number of hydrogen-bond acceptors (Lipinski definition) is 4. The molecule has 6 heteroatoms. The van der Waals surface area contributed by atoms with E-state index in [-0.39, 0.29) is 18.4 Å². The second-order valence-corrected chi connectivity index (χ2v) is 4.38. The van der Waals surface area contributed by atoms with Gasteiger partial charge in [-0.15, -0.1) is 0 Å². The first kappa shape index (κ1) is 13.2. The van der Waals surface area contributed by atoms with Crippen molar-refractivity contribution < 1.29 is 14.3 Å². The molecule has 1 aliphatic heterocycles. The summed E-state index contributed by atoms with van der Waals surface area (Å²) in [7, 11) is 0. The van der Waals surface area contributed by atoms with Gasteiger partial charge in [0.15, 0.2) is 6.61 Å². The maximum Gasteiger partial charge on any atom is 0.258 e. The number of anilines is 1. The topological polar surface area (TPSA) is 93.4 Å². The molecule has 102 valence electrons. The summed E-state index contributed by atoms with van der Waals surface area (Å²) in [6, 6.07) is 6.49. The molecule has 1 atom stereocenters. The van der Waals surface area contributed by atoms with Crippen LogP contribution >= 0.6 is 0 Å². The zero-order chi connectivity index (χ0) is 13.7. The second-order valence-electron chi connectivity index (χ2n) is 4.38. The van der Waals surface area contributed by atoms with Crippen molar-refractivity contribution in [1.29, 1.82) is 0 Å². The fourth-order valence-electron chi connectivity index (χ4n) is 1.90. The van der Waals surface area contributed by atoms with Gasteiger partial charge < -0.3 is 21.1 Å². The highest BCUT2D eigenvalue weighted by molar-refractivity contribution is 5.88. The summed E-state index contributed by atoms with van der Waals surface area (Å²) in [5.41, 5.74) is 6.17. The minimum absolute atomic E-state index is 0.140. The van der Waals surface area contributed by atoms with E-state index in [1.165, 1.54) is 0 Å². The molecule has 1 aromatic rings. The maximum absolute atomic E-state index is 11.7. The van der Waals surface area contributed by atoms with Gasteiger partial charge in [0.25, 0.3) is 5.91 Å². The molecule has 0 bridgehead atoms. The lowest BCUT2D eigenvalue weighted by Crippen LogP contribution is -2.51. The summed E-state index contributed by atoms with van der Waals surface area (Å²) < 4.78 is 5.31. The standard InChI is InChI=1S/C13H17N3O3/c14-9-4-1-2-6-11(9)19-8-12(17)16-10-5-3-7-15-13(10)18/h1-2,4,6,10H,3,5,7-8,14H2,(H,15,18)(H,16,17). The number of nitrogens with two attached hydrogens (primary N) is 1. The molecule has 2 amide bonds. The molecule has 1 heterocycles. The molecular formula is C13H17N3O3. The number of amides is 2. The van der Waals surface area contributed by atoms with Gasteiger partial charge in [0.1, 0.15) is 11.8 Å². The fraction of sp³-hybridized carbons (Fsp3) is 0.385. The Bertz CT molecular complexity index is 476. The van der Waals surface area contributed by atoms with Gasteiger partial charge in [0.05, 0.1) is 5.69 Å². The average Bonchev–Trinajstić information content (AvgIpc) is 2.40. The van der Waals surface area contributed by atoms with E-state index in [0.29, 0.717) is 24.4 Å². The van der Waals surface area contributed by atoms with Gasteiger partial charge >= 0.3 is 0 Å². The molecule has 0 radical (unpaired) electrons. The van der Waals surface area contributed by atoms with Crippen LogP contribution in [0.3, 0.4) is 0 Å². The van der Waals surface area contributed by atoms with E-state index >= 15 is 0 Å². The van der Waals surface area contributed by atoms with Gasteiger partial charge in [-0.25, -0.2) is 0 Å². The third kappa shape index (κ3) is 3.61. The van der Waals surface area contributed by atoms with Crippen LogP contribution in [0.25, 0.3) is 0 Å². The molecule has 0 aromatic heterocycles. The predicted molar refractivity (Wildman–Crippen MR) is 70.5 cm³/mol. The zero-order valence-corrected chi connectivity index (χ0v) is 10.5. The Hall–Kier alpha value is -2.24. The molecule has 1 saturated heterocycles. The quantitative estimate of drug-likeness (QED) is 0.669. The lowest BCUT2D eigenvalue weighted by molar-refractivity contribution is -0.131. The van der Waals surface area contributed by atoms with Crippen LogP contribution in [0.2, 0.25) is 0 Å². The summed E-state index contributed by atoms with van der Waals surface area (Å²) >= 11 is 0. The number of hydrogen-bond donors (Lipinski definition) is 3. The summed E-state index contributed by atoms with van der Waals surface area (Å²) in [5, 5.41) is 5.35. The first-order valence-electron chi connectivity index (χ1n) is 6.21. The number of piperidine rings is 1. The maximum atomic E-state index is 11.7. The molecule has 1 aliphatic rings. The van der Waals surface area contributed by atoms with E-state index in [9.17, 15) is 9.59 Å². The number of nitrogens with one attached hydrogen (secondary N) is 2. The summed E-state index contributed by atoms with van der Waals surface area (Å²) in [4.78, 5) is 23.2. The molecular weight excluding hydrogens is 246 g/mol. The second kappa shape index (κ2) is 6.08. The molecule has 1 unspecified atom stereocenters. The zero-order valence-electron chi connectivity index (χ0n) is 10.5. The monoisotopic (exact) mass is 263 g/mol. The Morgan fingerprint density at radius 1 is 1.47 bits per heavy atom. The minimum Gasteiger partial charge on any atom is -0.482 e. The van der Waals surface area contributed by atoms with E-state index in [1.54, 1.807) is 24.3 Å². The molecule has 19 heavy (non-hydrogen) atoms. The van der Waals surface area contributed by atoms with Crippen LogP contribution in [-0.2, 0) is 9.59 Å². The number of rotatable bonds is 4. The van der Waals surface area contributed by atoms with Gasteiger partial charge in [0, 0.05) is 6.54 Å². The van der Waals surface area contributed by atoms with E-state index in [2.05, 4.69) is 10.6 Å². The molecule has 0 saturated carbocycles. The first-order valence-corrected chi connectivity index (χ1v) is 6.21. The minimum atomic E-state index is -0.460. The van der Waals surface area contributed by atoms with Gasteiger partial charge in [-0.3, -0.25) is 9.59 Å². The van der Waals surface area contributed by atoms with Crippen molar-refractivity contribution in [3.05, 3.63) is 24.3 Å². The van der Waals surface area contributed by atoms with E-state index in [0.717, 1.165) is 6.42 Å². The number of carbonyl (C=O) groups excluding carboxylic acids is 2. The van der Waals surface area contributed by atoms with Crippen LogP contribution in [0.5, 0.6) is 5.75 Å². The van der Waals surface area contributed by atoms with Crippen molar-refractivity contribution in [3.63, 3.8) is 0 Å². The number of benzene rings is 1. The highest BCUT2D eigenvalue weighted by atomic mass is 16.5. The van der Waals surface area contributed by atoms with Crippen molar-refractivity contribution in [2.24, 2.45) is 0 Å². The highest BCUT2D eigenvalue weighted by Gasteiger charge is 2.23. The largest absolute Gasteiger partial charge is 0.482 e. The Balaban J connectivity index is 1.81. The Labute approximate surface area is 111 Å². The van der Waals surface area contributed by atoms with Gasteiger partial charge in [-0.1, -0.05) is 12.1 Å². The Morgan fingerprint density at radius 3 is 3.00 bits per heavy atom. The lowest BCUT2D eigenvalue weighted by atomic mass is 10.1. The summed E-state index contributed by atoms with van der Waals surface area (Å²) in [6.45, 7) is 0.514. The van der Waals surface area contributed by atoms with E-state index in [1.807, 2.05) is 0 Å². The van der Waals surface area contributed by atoms with Crippen LogP contribution in [0.1, 0.15) is 12.8 Å². The average molecular weight is 263 g/mol. The van der Waals surface area contributed by atoms with Crippen LogP contribution in [0.4, 0.5) is 5.69 Å². The van der Waals surface area contributed by atoms with Crippen LogP contribution in [0.15, 0.2) is 24.3 Å². The molecule has 1 aromatic carbocycles. The predicted octanol–water partition coefficient (Wildman–Crippen LogP) is 0.0424. The molecule has 0 spiro atoms. The smallest absolute Gasteiger partial charge is 0.258 e. The third-order valence-electron chi connectivity index (χ3n) is 2.90. The van der Waals surface area contributed by atoms with E-state index in [4.69, 9.17) is 10.5 Å². The van der Waals surface area contributed by atoms with E-state index < -0.39 is 6.04 Å². The van der Waals surface area contributed by atoms with Crippen molar-refractivity contribution in [2.75, 3.05) is 18.9 Å². The number of carbonyl (C=O) groups is 2. The number of para-hydroxylation sites is 2. The van der Waals surface area contributed by atoms with Gasteiger partial charge in [0.2, 0.25) is 5.91 Å². The summed E-state index contributed by atoms with van der Waals surface area (Å²) in [6.07, 6.45) is 1.52. The normalized spacial score (nSPS) is 18.5. The number of nitrogen functional groups attached to an aromatic ring is 1. The van der Waals surface area contributed by atoms with Crippen molar-refractivity contribution in [2.45, 2.75) is 18.9 Å². The first-order chi connectivity index (χ1) is 9.16. The van der Waals surface area contributed by atoms with Crippen LogP contribution in [0, 0.1) is 0 Å². The Morgan fingerprint density at radius 2 is 2.26 bits per heavy atom. The van der Waals surface area contributed by atoms with Crippen molar-refractivity contribution >= 4 is 17.5 Å². The third-order valence-corrected chi connectivity index (χ3v) is 2.90. The molecule has 0 aliphatic carbocycles. The molecule has 4 N–H and O–H groups in total. The Kier molecular flexibility index (Phi) is 4.22. The van der Waals surface area contributed by atoms with Gasteiger partial charge in [-0.05, 0) is 25.0 Å². The molecule has 2 rings (SSSR count). The SMILES string of the molecule is Nc1ccccc1OCC(=O)NC1CCCNC1=O. The lowest BCUT2D eigenvalue weighted by Gasteiger charge is -2.22. The van der Waals surface area contributed by atoms with Crippen LogP contribution < -0.4 is 21.1 Å². The number of ether oxygens (including phenoxy) is 1. The highest BCUT2D eigenvalue weighted by Crippen LogP contribution is 2.19. The molecule has 1 fully saturated rings. The van der Waals surface area contributed by atoms with Crippen molar-refractivity contribution in [1.82, 2.24) is 10.6 Å². The van der Waals surface area contributed by atoms with Crippen molar-refractivity contribution in [3.8, 4) is 5.75 Å². The summed E-state index contributed by atoms with van der Waals surface area (Å²) in [5.74, 6) is -0.00475. The van der Waals surface area contributed by atoms with Crippen LogP contribution in [-0.4, -0.2) is 31.0 Å².